The number of nitrogens with one attached hydrogen (secondary N) is 1. The second kappa shape index (κ2) is 4.13. The Hall–Kier alpha value is -0.830. The Morgan fingerprint density at radius 2 is 2.12 bits per heavy atom. The summed E-state index contributed by atoms with van der Waals surface area (Å²) < 4.78 is 2.18. The first kappa shape index (κ1) is 11.3. The van der Waals surface area contributed by atoms with Crippen LogP contribution in [0.2, 0.25) is 0 Å². The van der Waals surface area contributed by atoms with Crippen molar-refractivity contribution in [2.24, 2.45) is 5.41 Å². The van der Waals surface area contributed by atoms with Crippen molar-refractivity contribution < 1.29 is 0 Å². The molecule has 1 aromatic rings. The van der Waals surface area contributed by atoms with Gasteiger partial charge in [-0.25, -0.2) is 0 Å². The molecule has 1 heterocycles. The normalized spacial score (nSPS) is 27.5. The molecule has 0 bridgehead atoms. The van der Waals surface area contributed by atoms with Crippen LogP contribution < -0.4 is 5.32 Å². The highest BCUT2D eigenvalue weighted by Crippen LogP contribution is 2.44. The van der Waals surface area contributed by atoms with Crippen LogP contribution in [0.5, 0.6) is 0 Å². The van der Waals surface area contributed by atoms with E-state index in [0.717, 1.165) is 6.54 Å². The first-order valence-corrected chi connectivity index (χ1v) is 6.92. The topological polar surface area (TPSA) is 29.9 Å². The van der Waals surface area contributed by atoms with Gasteiger partial charge in [-0.3, -0.25) is 4.68 Å². The SMILES string of the molecule is CC1(C)CC1NCc1ccn(C2CCCC2)n1. The lowest BCUT2D eigenvalue weighted by atomic mass is 10.2. The Morgan fingerprint density at radius 1 is 1.41 bits per heavy atom. The van der Waals surface area contributed by atoms with Crippen LogP contribution in [0.1, 0.15) is 57.7 Å². The smallest absolute Gasteiger partial charge is 0.0762 e. The van der Waals surface area contributed by atoms with E-state index in [9.17, 15) is 0 Å². The van der Waals surface area contributed by atoms with Crippen LogP contribution in [0.25, 0.3) is 0 Å². The number of hydrogen-bond donors (Lipinski definition) is 1. The predicted octanol–water partition coefficient (Wildman–Crippen LogP) is 2.89. The van der Waals surface area contributed by atoms with Gasteiger partial charge in [0.15, 0.2) is 0 Å². The molecule has 17 heavy (non-hydrogen) atoms. The first-order chi connectivity index (χ1) is 8.15. The summed E-state index contributed by atoms with van der Waals surface area (Å²) in [7, 11) is 0. The first-order valence-electron chi connectivity index (χ1n) is 6.92. The Labute approximate surface area is 104 Å². The maximum Gasteiger partial charge on any atom is 0.0762 e. The molecule has 2 saturated carbocycles. The van der Waals surface area contributed by atoms with E-state index in [2.05, 4.69) is 36.1 Å². The quantitative estimate of drug-likeness (QED) is 0.866. The lowest BCUT2D eigenvalue weighted by molar-refractivity contribution is 0.458. The molecule has 3 rings (SSSR count). The van der Waals surface area contributed by atoms with Crippen molar-refractivity contribution in [1.82, 2.24) is 15.1 Å². The van der Waals surface area contributed by atoms with E-state index in [4.69, 9.17) is 5.10 Å². The summed E-state index contributed by atoms with van der Waals surface area (Å²) in [6.45, 7) is 5.57. The Balaban J connectivity index is 1.54. The van der Waals surface area contributed by atoms with Gasteiger partial charge in [0.2, 0.25) is 0 Å². The fourth-order valence-electron chi connectivity index (χ4n) is 2.89. The zero-order valence-corrected chi connectivity index (χ0v) is 10.9. The van der Waals surface area contributed by atoms with E-state index in [0.29, 0.717) is 17.5 Å². The van der Waals surface area contributed by atoms with Crippen molar-refractivity contribution in [3.63, 3.8) is 0 Å². The van der Waals surface area contributed by atoms with Crippen LogP contribution >= 0.6 is 0 Å². The molecule has 0 radical (unpaired) electrons. The highest BCUT2D eigenvalue weighted by Gasteiger charge is 2.45. The maximum atomic E-state index is 4.69. The molecule has 94 valence electrons. The fraction of sp³-hybridized carbons (Fsp3) is 0.786. The standard InChI is InChI=1S/C14H23N3/c1-14(2)9-13(14)15-10-11-7-8-17(16-11)12-5-3-4-6-12/h7-8,12-13,15H,3-6,9-10H2,1-2H3. The molecule has 1 aromatic heterocycles. The summed E-state index contributed by atoms with van der Waals surface area (Å²) >= 11 is 0. The van der Waals surface area contributed by atoms with E-state index >= 15 is 0 Å². The minimum absolute atomic E-state index is 0.508. The van der Waals surface area contributed by atoms with Gasteiger partial charge in [0, 0.05) is 18.8 Å². The predicted molar refractivity (Wildman–Crippen MR) is 68.8 cm³/mol. The lowest BCUT2D eigenvalue weighted by Crippen LogP contribution is -2.20. The van der Waals surface area contributed by atoms with Crippen LogP contribution in [0.4, 0.5) is 0 Å². The van der Waals surface area contributed by atoms with Crippen LogP contribution in [0.3, 0.4) is 0 Å². The van der Waals surface area contributed by atoms with Gasteiger partial charge in [0.25, 0.3) is 0 Å². The summed E-state index contributed by atoms with van der Waals surface area (Å²) in [5.41, 5.74) is 1.70. The van der Waals surface area contributed by atoms with Gasteiger partial charge >= 0.3 is 0 Å². The maximum absolute atomic E-state index is 4.69. The molecule has 0 saturated heterocycles. The van der Waals surface area contributed by atoms with E-state index in [1.165, 1.54) is 37.8 Å². The van der Waals surface area contributed by atoms with Crippen molar-refractivity contribution in [2.75, 3.05) is 0 Å². The highest BCUT2D eigenvalue weighted by atomic mass is 15.3. The van der Waals surface area contributed by atoms with Gasteiger partial charge in [0.05, 0.1) is 11.7 Å². The second-order valence-corrected chi connectivity index (χ2v) is 6.35. The summed E-state index contributed by atoms with van der Waals surface area (Å²) in [4.78, 5) is 0. The van der Waals surface area contributed by atoms with Crippen molar-refractivity contribution >= 4 is 0 Å². The molecule has 2 fully saturated rings. The molecule has 0 aliphatic heterocycles. The summed E-state index contributed by atoms with van der Waals surface area (Å²) in [5, 5.41) is 8.29. The second-order valence-electron chi connectivity index (χ2n) is 6.35. The molecule has 1 unspecified atom stereocenters. The molecule has 2 aliphatic carbocycles. The number of nitrogens with zero attached hydrogens (tertiary/aromatic N) is 2. The number of aromatic nitrogens is 2. The van der Waals surface area contributed by atoms with Gasteiger partial charge in [-0.2, -0.15) is 5.10 Å². The van der Waals surface area contributed by atoms with Crippen LogP contribution in [0.15, 0.2) is 12.3 Å². The van der Waals surface area contributed by atoms with E-state index in [1.807, 2.05) is 0 Å². The molecule has 0 amide bonds. The highest BCUT2D eigenvalue weighted by molar-refractivity contribution is 5.05. The molecule has 0 spiro atoms. The molecule has 0 aromatic carbocycles. The third-order valence-electron chi connectivity index (χ3n) is 4.41. The third-order valence-corrected chi connectivity index (χ3v) is 4.41. The lowest BCUT2D eigenvalue weighted by Gasteiger charge is -2.09. The fourth-order valence-corrected chi connectivity index (χ4v) is 2.89. The zero-order valence-electron chi connectivity index (χ0n) is 10.9. The average molecular weight is 233 g/mol. The molecular weight excluding hydrogens is 210 g/mol. The monoisotopic (exact) mass is 233 g/mol. The Morgan fingerprint density at radius 3 is 2.76 bits per heavy atom. The van der Waals surface area contributed by atoms with E-state index in [1.54, 1.807) is 0 Å². The largest absolute Gasteiger partial charge is 0.308 e. The van der Waals surface area contributed by atoms with Gasteiger partial charge in [-0.1, -0.05) is 26.7 Å². The van der Waals surface area contributed by atoms with Gasteiger partial charge in [-0.05, 0) is 30.7 Å². The minimum Gasteiger partial charge on any atom is -0.308 e. The summed E-state index contributed by atoms with van der Waals surface area (Å²) in [6, 6.07) is 3.53. The summed E-state index contributed by atoms with van der Waals surface area (Å²) in [6.07, 6.45) is 8.82. The minimum atomic E-state index is 0.508. The van der Waals surface area contributed by atoms with Crippen molar-refractivity contribution in [3.05, 3.63) is 18.0 Å². The third kappa shape index (κ3) is 2.39. The molecule has 2 aliphatic rings. The zero-order chi connectivity index (χ0) is 11.9. The number of hydrogen-bond acceptors (Lipinski definition) is 2. The summed E-state index contributed by atoms with van der Waals surface area (Å²) in [5.74, 6) is 0. The Kier molecular flexibility index (Phi) is 2.74. The molecular formula is C14H23N3. The van der Waals surface area contributed by atoms with Gasteiger partial charge in [-0.15, -0.1) is 0 Å². The van der Waals surface area contributed by atoms with Crippen molar-refractivity contribution in [2.45, 2.75) is 64.6 Å². The Bertz CT molecular complexity index is 388. The molecule has 1 atom stereocenters. The number of rotatable bonds is 4. The molecule has 3 nitrogen and oxygen atoms in total. The van der Waals surface area contributed by atoms with Gasteiger partial charge in [0.1, 0.15) is 0 Å². The van der Waals surface area contributed by atoms with E-state index in [-0.39, 0.29) is 0 Å². The molecule has 3 heteroatoms. The van der Waals surface area contributed by atoms with Gasteiger partial charge < -0.3 is 5.32 Å². The molecule has 1 N–H and O–H groups in total. The van der Waals surface area contributed by atoms with Crippen LogP contribution in [0, 0.1) is 5.41 Å². The average Bonchev–Trinajstić information content (AvgIpc) is 2.81. The van der Waals surface area contributed by atoms with Crippen molar-refractivity contribution in [3.8, 4) is 0 Å². The van der Waals surface area contributed by atoms with E-state index < -0.39 is 0 Å². The van der Waals surface area contributed by atoms with Crippen LogP contribution in [-0.4, -0.2) is 15.8 Å². The van der Waals surface area contributed by atoms with Crippen LogP contribution in [-0.2, 0) is 6.54 Å². The van der Waals surface area contributed by atoms with Crippen molar-refractivity contribution in [1.29, 1.82) is 0 Å².